The van der Waals surface area contributed by atoms with Crippen LogP contribution in [0, 0.1) is 0 Å². The SMILES string of the molecule is Cn1cnc2cc(C(=O)NC(Cc3ccc(O)cc3)C(N)=O)ccc21. The number of phenols is 1. The van der Waals surface area contributed by atoms with E-state index < -0.39 is 17.9 Å². The van der Waals surface area contributed by atoms with Gasteiger partial charge < -0.3 is 20.7 Å². The van der Waals surface area contributed by atoms with Crippen molar-refractivity contribution in [1.82, 2.24) is 14.9 Å². The Bertz CT molecular complexity index is 931. The maximum atomic E-state index is 12.5. The van der Waals surface area contributed by atoms with E-state index in [4.69, 9.17) is 5.73 Å². The van der Waals surface area contributed by atoms with Crippen molar-refractivity contribution >= 4 is 22.8 Å². The molecule has 128 valence electrons. The number of carbonyl (C=O) groups excluding carboxylic acids is 2. The second kappa shape index (κ2) is 6.64. The molecular formula is C18H18N4O3. The Labute approximate surface area is 144 Å². The molecule has 1 unspecified atom stereocenters. The predicted octanol–water partition coefficient (Wildman–Crippen LogP) is 1.11. The number of aromatic hydroxyl groups is 1. The Hall–Kier alpha value is -3.35. The molecule has 1 aromatic heterocycles. The van der Waals surface area contributed by atoms with E-state index in [0.29, 0.717) is 11.1 Å². The van der Waals surface area contributed by atoms with E-state index in [1.54, 1.807) is 36.7 Å². The van der Waals surface area contributed by atoms with Crippen LogP contribution in [0.25, 0.3) is 11.0 Å². The van der Waals surface area contributed by atoms with Gasteiger partial charge in [-0.25, -0.2) is 4.98 Å². The zero-order chi connectivity index (χ0) is 18.0. The number of primary amides is 1. The minimum atomic E-state index is -0.850. The third kappa shape index (κ3) is 3.60. The van der Waals surface area contributed by atoms with Crippen LogP contribution < -0.4 is 11.1 Å². The number of imidazole rings is 1. The van der Waals surface area contributed by atoms with Crippen molar-refractivity contribution in [2.45, 2.75) is 12.5 Å². The molecule has 0 radical (unpaired) electrons. The third-order valence-corrected chi connectivity index (χ3v) is 4.01. The van der Waals surface area contributed by atoms with E-state index in [-0.39, 0.29) is 12.2 Å². The largest absolute Gasteiger partial charge is 0.508 e. The van der Waals surface area contributed by atoms with Crippen LogP contribution in [0.3, 0.4) is 0 Å². The number of nitrogens with two attached hydrogens (primary N) is 1. The number of carbonyl (C=O) groups is 2. The number of nitrogens with one attached hydrogen (secondary N) is 1. The van der Waals surface area contributed by atoms with Crippen LogP contribution in [-0.4, -0.2) is 32.5 Å². The van der Waals surface area contributed by atoms with Gasteiger partial charge in [-0.05, 0) is 35.9 Å². The molecule has 0 bridgehead atoms. The summed E-state index contributed by atoms with van der Waals surface area (Å²) in [5, 5.41) is 12.0. The summed E-state index contributed by atoms with van der Waals surface area (Å²) in [4.78, 5) is 28.4. The van der Waals surface area contributed by atoms with Crippen molar-refractivity contribution in [1.29, 1.82) is 0 Å². The molecule has 0 aliphatic heterocycles. The molecule has 0 saturated carbocycles. The van der Waals surface area contributed by atoms with Crippen LogP contribution in [0.1, 0.15) is 15.9 Å². The fraction of sp³-hybridized carbons (Fsp3) is 0.167. The first kappa shape index (κ1) is 16.5. The predicted molar refractivity (Wildman–Crippen MR) is 93.0 cm³/mol. The Balaban J connectivity index is 1.77. The molecule has 2 aromatic carbocycles. The quantitative estimate of drug-likeness (QED) is 0.647. The number of hydrogen-bond acceptors (Lipinski definition) is 4. The van der Waals surface area contributed by atoms with Crippen LogP contribution in [0.4, 0.5) is 0 Å². The number of rotatable bonds is 5. The van der Waals surface area contributed by atoms with E-state index >= 15 is 0 Å². The normalized spacial score (nSPS) is 12.0. The molecule has 4 N–H and O–H groups in total. The van der Waals surface area contributed by atoms with Crippen LogP contribution in [0.2, 0.25) is 0 Å². The second-order valence-electron chi connectivity index (χ2n) is 5.86. The highest BCUT2D eigenvalue weighted by molar-refractivity contribution is 5.99. The van der Waals surface area contributed by atoms with Crippen LogP contribution >= 0.6 is 0 Å². The standard InChI is InChI=1S/C18H18N4O3/c1-22-10-20-14-9-12(4-7-16(14)22)18(25)21-15(17(19)24)8-11-2-5-13(23)6-3-11/h2-7,9-10,15,23H,8H2,1H3,(H2,19,24)(H,21,25). The molecule has 7 nitrogen and oxygen atoms in total. The Morgan fingerprint density at radius 1 is 1.24 bits per heavy atom. The van der Waals surface area contributed by atoms with Gasteiger partial charge in [-0.1, -0.05) is 12.1 Å². The highest BCUT2D eigenvalue weighted by Gasteiger charge is 2.20. The first-order valence-electron chi connectivity index (χ1n) is 7.73. The zero-order valence-electron chi connectivity index (χ0n) is 13.6. The van der Waals surface area contributed by atoms with Gasteiger partial charge in [0.25, 0.3) is 5.91 Å². The molecule has 3 rings (SSSR count). The highest BCUT2D eigenvalue weighted by atomic mass is 16.3. The van der Waals surface area contributed by atoms with Gasteiger partial charge in [0.15, 0.2) is 0 Å². The number of aryl methyl sites for hydroxylation is 1. The fourth-order valence-corrected chi connectivity index (χ4v) is 2.61. The summed E-state index contributed by atoms with van der Waals surface area (Å²) >= 11 is 0. The molecule has 0 aliphatic carbocycles. The van der Waals surface area contributed by atoms with Gasteiger partial charge >= 0.3 is 0 Å². The number of aromatic nitrogens is 2. The van der Waals surface area contributed by atoms with Gasteiger partial charge in [0.05, 0.1) is 17.4 Å². The molecule has 25 heavy (non-hydrogen) atoms. The lowest BCUT2D eigenvalue weighted by atomic mass is 10.0. The maximum Gasteiger partial charge on any atom is 0.252 e. The van der Waals surface area contributed by atoms with Gasteiger partial charge in [0.1, 0.15) is 11.8 Å². The first-order chi connectivity index (χ1) is 11.9. The monoisotopic (exact) mass is 338 g/mol. The highest BCUT2D eigenvalue weighted by Crippen LogP contribution is 2.15. The maximum absolute atomic E-state index is 12.5. The van der Waals surface area contributed by atoms with E-state index in [1.165, 1.54) is 12.1 Å². The van der Waals surface area contributed by atoms with E-state index in [0.717, 1.165) is 11.1 Å². The average Bonchev–Trinajstić information content (AvgIpc) is 2.96. The lowest BCUT2D eigenvalue weighted by Crippen LogP contribution is -2.45. The fourth-order valence-electron chi connectivity index (χ4n) is 2.61. The molecule has 0 aliphatic rings. The van der Waals surface area contributed by atoms with Crippen LogP contribution in [0.15, 0.2) is 48.8 Å². The summed E-state index contributed by atoms with van der Waals surface area (Å²) in [5.74, 6) is -0.887. The molecule has 1 atom stereocenters. The van der Waals surface area contributed by atoms with Gasteiger partial charge in [-0.3, -0.25) is 9.59 Å². The first-order valence-corrected chi connectivity index (χ1v) is 7.73. The lowest BCUT2D eigenvalue weighted by Gasteiger charge is -2.16. The molecular weight excluding hydrogens is 320 g/mol. The van der Waals surface area contributed by atoms with Gasteiger partial charge in [-0.2, -0.15) is 0 Å². The van der Waals surface area contributed by atoms with Gasteiger partial charge in [0.2, 0.25) is 5.91 Å². The van der Waals surface area contributed by atoms with Crippen molar-refractivity contribution in [3.05, 3.63) is 59.9 Å². The minimum Gasteiger partial charge on any atom is -0.508 e. The summed E-state index contributed by atoms with van der Waals surface area (Å²) in [7, 11) is 1.87. The molecule has 7 heteroatoms. The summed E-state index contributed by atoms with van der Waals surface area (Å²) in [6, 6.07) is 10.7. The number of hydrogen-bond donors (Lipinski definition) is 3. The van der Waals surface area contributed by atoms with Crippen molar-refractivity contribution < 1.29 is 14.7 Å². The molecule has 1 heterocycles. The van der Waals surface area contributed by atoms with E-state index in [2.05, 4.69) is 10.3 Å². The zero-order valence-corrected chi connectivity index (χ0v) is 13.6. The molecule has 0 fully saturated rings. The van der Waals surface area contributed by atoms with Gasteiger partial charge in [0, 0.05) is 19.0 Å². The Morgan fingerprint density at radius 3 is 2.64 bits per heavy atom. The summed E-state index contributed by atoms with van der Waals surface area (Å²) < 4.78 is 1.86. The van der Waals surface area contributed by atoms with Crippen molar-refractivity contribution in [3.63, 3.8) is 0 Å². The van der Waals surface area contributed by atoms with Crippen molar-refractivity contribution in [2.75, 3.05) is 0 Å². The molecule has 0 saturated heterocycles. The Kier molecular flexibility index (Phi) is 4.38. The molecule has 2 amide bonds. The lowest BCUT2D eigenvalue weighted by molar-refractivity contribution is -0.119. The van der Waals surface area contributed by atoms with Crippen molar-refractivity contribution in [2.24, 2.45) is 12.8 Å². The topological polar surface area (TPSA) is 110 Å². The van der Waals surface area contributed by atoms with Crippen LogP contribution in [-0.2, 0) is 18.3 Å². The van der Waals surface area contributed by atoms with Crippen LogP contribution in [0.5, 0.6) is 5.75 Å². The number of benzene rings is 2. The number of amides is 2. The number of phenolic OH excluding ortho intramolecular Hbond substituents is 1. The second-order valence-corrected chi connectivity index (χ2v) is 5.86. The third-order valence-electron chi connectivity index (χ3n) is 4.01. The van der Waals surface area contributed by atoms with Gasteiger partial charge in [-0.15, -0.1) is 0 Å². The average molecular weight is 338 g/mol. The molecule has 0 spiro atoms. The summed E-state index contributed by atoms with van der Waals surface area (Å²) in [5.41, 5.74) is 8.21. The summed E-state index contributed by atoms with van der Waals surface area (Å²) in [6.45, 7) is 0. The smallest absolute Gasteiger partial charge is 0.252 e. The minimum absolute atomic E-state index is 0.132. The molecule has 3 aromatic rings. The Morgan fingerprint density at radius 2 is 1.96 bits per heavy atom. The number of nitrogens with zero attached hydrogens (tertiary/aromatic N) is 2. The number of fused-ring (bicyclic) bond motifs is 1. The van der Waals surface area contributed by atoms with Crippen molar-refractivity contribution in [3.8, 4) is 5.75 Å². The van der Waals surface area contributed by atoms with E-state index in [9.17, 15) is 14.7 Å². The summed E-state index contributed by atoms with van der Waals surface area (Å²) in [6.07, 6.45) is 1.91. The van der Waals surface area contributed by atoms with E-state index in [1.807, 2.05) is 11.6 Å².